The Bertz CT molecular complexity index is 441. The Morgan fingerprint density at radius 3 is 2.16 bits per heavy atom. The molecule has 1 saturated carbocycles. The van der Waals surface area contributed by atoms with Crippen molar-refractivity contribution in [3.63, 3.8) is 0 Å². The predicted octanol–water partition coefficient (Wildman–Crippen LogP) is 1.63. The van der Waals surface area contributed by atoms with Crippen molar-refractivity contribution >= 4 is 29.4 Å². The number of barbiturate groups is 1. The third-order valence-corrected chi connectivity index (χ3v) is 3.73. The van der Waals surface area contributed by atoms with Crippen molar-refractivity contribution in [1.29, 1.82) is 0 Å². The molecule has 1 aliphatic heterocycles. The summed E-state index contributed by atoms with van der Waals surface area (Å²) < 4.78 is 0. The molecule has 0 aromatic rings. The molecule has 1 saturated heterocycles. The van der Waals surface area contributed by atoms with Gasteiger partial charge >= 0.3 is 6.03 Å². The lowest BCUT2D eigenvalue weighted by molar-refractivity contribution is -0.124. The highest BCUT2D eigenvalue weighted by Gasteiger charge is 2.27. The van der Waals surface area contributed by atoms with E-state index in [9.17, 15) is 14.4 Å². The van der Waals surface area contributed by atoms with E-state index in [4.69, 9.17) is 11.6 Å². The number of imide groups is 2. The lowest BCUT2D eigenvalue weighted by atomic mass is 9.88. The van der Waals surface area contributed by atoms with Crippen molar-refractivity contribution in [2.24, 2.45) is 5.92 Å². The van der Waals surface area contributed by atoms with Gasteiger partial charge < -0.3 is 0 Å². The Morgan fingerprint density at radius 2 is 1.58 bits per heavy atom. The van der Waals surface area contributed by atoms with E-state index in [0.29, 0.717) is 5.92 Å². The van der Waals surface area contributed by atoms with Crippen molar-refractivity contribution in [3.05, 3.63) is 23.8 Å². The third-order valence-electron chi connectivity index (χ3n) is 3.29. The van der Waals surface area contributed by atoms with Crippen LogP contribution in [0.2, 0.25) is 0 Å². The molecule has 102 valence electrons. The van der Waals surface area contributed by atoms with Crippen molar-refractivity contribution in [1.82, 2.24) is 10.6 Å². The fraction of sp³-hybridized carbons (Fsp3) is 0.462. The van der Waals surface area contributed by atoms with E-state index in [-0.39, 0.29) is 11.0 Å². The van der Waals surface area contributed by atoms with Gasteiger partial charge in [0.15, 0.2) is 0 Å². The normalized spacial score (nSPS) is 28.3. The standard InChI is InChI=1S/C13H15ClN2O3/c14-9-6-4-8(5-7-9)2-1-3-10-11(17)15-13(19)16-12(10)18/h1-3,8-9H,4-7H2,(H2,15,16,17,18,19)/b2-1+. The van der Waals surface area contributed by atoms with Crippen molar-refractivity contribution in [2.45, 2.75) is 31.1 Å². The SMILES string of the molecule is O=C1NC(=O)C(=C/C=C/C2CCC(Cl)CC2)C(=O)N1. The van der Waals surface area contributed by atoms with Crippen LogP contribution in [0.3, 0.4) is 0 Å². The first-order chi connectivity index (χ1) is 9.06. The minimum Gasteiger partial charge on any atom is -0.273 e. The minimum atomic E-state index is -0.781. The Hall–Kier alpha value is -1.62. The minimum absolute atomic E-state index is 0.0538. The fourth-order valence-corrected chi connectivity index (χ4v) is 2.46. The molecule has 2 N–H and O–H groups in total. The number of carbonyl (C=O) groups is 3. The smallest absolute Gasteiger partial charge is 0.273 e. The number of allylic oxidation sites excluding steroid dienone is 3. The highest BCUT2D eigenvalue weighted by molar-refractivity contribution is 6.29. The summed E-state index contributed by atoms with van der Waals surface area (Å²) in [4.78, 5) is 33.7. The number of hydrogen-bond acceptors (Lipinski definition) is 3. The van der Waals surface area contributed by atoms with Gasteiger partial charge in [-0.1, -0.05) is 12.2 Å². The monoisotopic (exact) mass is 282 g/mol. The molecule has 5 nitrogen and oxygen atoms in total. The molecule has 2 aliphatic rings. The first kappa shape index (κ1) is 13.8. The van der Waals surface area contributed by atoms with Gasteiger partial charge in [-0.25, -0.2) is 4.79 Å². The molecular formula is C13H15ClN2O3. The summed E-state index contributed by atoms with van der Waals surface area (Å²) in [7, 11) is 0. The zero-order valence-electron chi connectivity index (χ0n) is 10.3. The third kappa shape index (κ3) is 3.67. The zero-order valence-corrected chi connectivity index (χ0v) is 11.1. The molecular weight excluding hydrogens is 268 g/mol. The van der Waals surface area contributed by atoms with Crippen LogP contribution in [0.15, 0.2) is 23.8 Å². The van der Waals surface area contributed by atoms with Crippen LogP contribution < -0.4 is 10.6 Å². The van der Waals surface area contributed by atoms with Crippen molar-refractivity contribution < 1.29 is 14.4 Å². The number of halogens is 1. The van der Waals surface area contributed by atoms with Gasteiger partial charge in [-0.05, 0) is 37.7 Å². The van der Waals surface area contributed by atoms with Crippen LogP contribution in [0.5, 0.6) is 0 Å². The zero-order chi connectivity index (χ0) is 13.8. The van der Waals surface area contributed by atoms with Gasteiger partial charge in [0.1, 0.15) is 5.57 Å². The number of hydrogen-bond donors (Lipinski definition) is 2. The largest absolute Gasteiger partial charge is 0.328 e. The van der Waals surface area contributed by atoms with Gasteiger partial charge in [0, 0.05) is 5.38 Å². The maximum Gasteiger partial charge on any atom is 0.328 e. The fourth-order valence-electron chi connectivity index (χ4n) is 2.21. The van der Waals surface area contributed by atoms with Crippen molar-refractivity contribution in [2.75, 3.05) is 0 Å². The summed E-state index contributed by atoms with van der Waals surface area (Å²) in [6, 6.07) is -0.781. The maximum atomic E-state index is 11.4. The van der Waals surface area contributed by atoms with Crippen LogP contribution in [0.1, 0.15) is 25.7 Å². The average molecular weight is 283 g/mol. The molecule has 0 atom stereocenters. The Morgan fingerprint density at radius 1 is 1.00 bits per heavy atom. The number of alkyl halides is 1. The molecule has 6 heteroatoms. The maximum absolute atomic E-state index is 11.4. The van der Waals surface area contributed by atoms with Gasteiger partial charge in [-0.15, -0.1) is 11.6 Å². The van der Waals surface area contributed by atoms with E-state index in [1.165, 1.54) is 6.08 Å². The summed E-state index contributed by atoms with van der Waals surface area (Å²) in [6.07, 6.45) is 9.13. The molecule has 0 aromatic carbocycles. The Labute approximate surface area is 116 Å². The lowest BCUT2D eigenvalue weighted by Crippen LogP contribution is -2.51. The van der Waals surface area contributed by atoms with E-state index >= 15 is 0 Å². The van der Waals surface area contributed by atoms with E-state index < -0.39 is 17.8 Å². The molecule has 0 unspecified atom stereocenters. The topological polar surface area (TPSA) is 75.3 Å². The van der Waals surface area contributed by atoms with Crippen LogP contribution in [0, 0.1) is 5.92 Å². The summed E-state index contributed by atoms with van der Waals surface area (Å²) >= 11 is 6.02. The van der Waals surface area contributed by atoms with Gasteiger partial charge in [0.2, 0.25) is 0 Å². The van der Waals surface area contributed by atoms with Crippen LogP contribution >= 0.6 is 11.6 Å². The summed E-state index contributed by atoms with van der Waals surface area (Å²) in [6.45, 7) is 0. The van der Waals surface area contributed by atoms with E-state index in [2.05, 4.69) is 0 Å². The number of nitrogens with one attached hydrogen (secondary N) is 2. The van der Waals surface area contributed by atoms with Crippen LogP contribution in [-0.2, 0) is 9.59 Å². The van der Waals surface area contributed by atoms with E-state index in [0.717, 1.165) is 25.7 Å². The second-order valence-corrected chi connectivity index (χ2v) is 5.33. The highest BCUT2D eigenvalue weighted by atomic mass is 35.5. The van der Waals surface area contributed by atoms with Crippen LogP contribution in [0.4, 0.5) is 4.79 Å². The van der Waals surface area contributed by atoms with Crippen molar-refractivity contribution in [3.8, 4) is 0 Å². The van der Waals surface area contributed by atoms with Crippen LogP contribution in [0.25, 0.3) is 0 Å². The first-order valence-corrected chi connectivity index (χ1v) is 6.69. The number of urea groups is 1. The first-order valence-electron chi connectivity index (χ1n) is 6.25. The second kappa shape index (κ2) is 6.02. The molecule has 2 fully saturated rings. The molecule has 0 bridgehead atoms. The number of rotatable bonds is 2. The van der Waals surface area contributed by atoms with Gasteiger partial charge in [0.25, 0.3) is 11.8 Å². The van der Waals surface area contributed by atoms with Crippen LogP contribution in [-0.4, -0.2) is 23.2 Å². The molecule has 4 amide bonds. The van der Waals surface area contributed by atoms with Gasteiger partial charge in [-0.2, -0.15) is 0 Å². The van der Waals surface area contributed by atoms with Gasteiger partial charge in [0.05, 0.1) is 0 Å². The Balaban J connectivity index is 1.96. The molecule has 2 rings (SSSR count). The summed E-state index contributed by atoms with van der Waals surface area (Å²) in [5.41, 5.74) is -0.0538. The van der Waals surface area contributed by atoms with E-state index in [1.807, 2.05) is 16.7 Å². The molecule has 1 aliphatic carbocycles. The molecule has 1 heterocycles. The average Bonchev–Trinajstić information content (AvgIpc) is 2.34. The summed E-state index contributed by atoms with van der Waals surface area (Å²) in [5.74, 6) is -0.895. The molecule has 0 aromatic heterocycles. The van der Waals surface area contributed by atoms with Gasteiger partial charge in [-0.3, -0.25) is 20.2 Å². The Kier molecular flexibility index (Phi) is 4.37. The number of amides is 4. The quantitative estimate of drug-likeness (QED) is 0.459. The predicted molar refractivity (Wildman–Crippen MR) is 70.5 cm³/mol. The molecule has 19 heavy (non-hydrogen) atoms. The molecule has 0 spiro atoms. The lowest BCUT2D eigenvalue weighted by Gasteiger charge is -2.22. The molecule has 0 radical (unpaired) electrons. The van der Waals surface area contributed by atoms with E-state index in [1.54, 1.807) is 6.08 Å². The highest BCUT2D eigenvalue weighted by Crippen LogP contribution is 2.28. The number of carbonyl (C=O) groups excluding carboxylic acids is 3. The summed E-state index contributed by atoms with van der Waals surface area (Å²) in [5, 5.41) is 4.32. The second-order valence-electron chi connectivity index (χ2n) is 4.71.